The first-order valence-corrected chi connectivity index (χ1v) is 7.31. The van der Waals surface area contributed by atoms with E-state index in [0.29, 0.717) is 13.1 Å². The maximum absolute atomic E-state index is 12.5. The number of piperidine rings is 1. The van der Waals surface area contributed by atoms with Crippen molar-refractivity contribution >= 4 is 5.91 Å². The number of halogens is 3. The average Bonchev–Trinajstić information content (AvgIpc) is 3.18. The topological polar surface area (TPSA) is 66.8 Å². The molecule has 0 aliphatic carbocycles. The SMILES string of the molecule is O=C(Cn1ccc(C(F)(F)F)n1)N1CCC[C@H](c2ccn[nH]2)C1. The molecule has 0 bridgehead atoms. The van der Waals surface area contributed by atoms with Crippen LogP contribution < -0.4 is 0 Å². The average molecular weight is 327 g/mol. The van der Waals surface area contributed by atoms with Gasteiger partial charge in [0.1, 0.15) is 6.54 Å². The number of hydrogen-bond donors (Lipinski definition) is 1. The first-order valence-electron chi connectivity index (χ1n) is 7.31. The maximum Gasteiger partial charge on any atom is 0.435 e. The third-order valence-electron chi connectivity index (χ3n) is 3.96. The van der Waals surface area contributed by atoms with Crippen LogP contribution in [0, 0.1) is 0 Å². The number of carbonyl (C=O) groups excluding carboxylic acids is 1. The first kappa shape index (κ1) is 15.6. The van der Waals surface area contributed by atoms with E-state index in [1.165, 1.54) is 6.20 Å². The third kappa shape index (κ3) is 3.54. The van der Waals surface area contributed by atoms with E-state index in [4.69, 9.17) is 0 Å². The second kappa shape index (κ2) is 6.05. The highest BCUT2D eigenvalue weighted by molar-refractivity contribution is 5.76. The number of H-pyrrole nitrogens is 1. The van der Waals surface area contributed by atoms with Crippen LogP contribution in [0.1, 0.15) is 30.1 Å². The Morgan fingerprint density at radius 2 is 2.22 bits per heavy atom. The summed E-state index contributed by atoms with van der Waals surface area (Å²) in [5, 5.41) is 10.2. The largest absolute Gasteiger partial charge is 0.435 e. The Hall–Kier alpha value is -2.32. The molecule has 1 fully saturated rings. The Balaban J connectivity index is 1.63. The molecule has 1 amide bonds. The summed E-state index contributed by atoms with van der Waals surface area (Å²) in [4.78, 5) is 14.0. The van der Waals surface area contributed by atoms with Crippen molar-refractivity contribution in [2.75, 3.05) is 13.1 Å². The molecule has 0 radical (unpaired) electrons. The molecular weight excluding hydrogens is 311 g/mol. The number of aromatic amines is 1. The number of aromatic nitrogens is 4. The molecule has 6 nitrogen and oxygen atoms in total. The van der Waals surface area contributed by atoms with Crippen molar-refractivity contribution in [1.29, 1.82) is 0 Å². The molecule has 0 aromatic carbocycles. The fraction of sp³-hybridized carbons (Fsp3) is 0.500. The van der Waals surface area contributed by atoms with Crippen LogP contribution in [0.25, 0.3) is 0 Å². The zero-order chi connectivity index (χ0) is 16.4. The minimum atomic E-state index is -4.49. The summed E-state index contributed by atoms with van der Waals surface area (Å²) in [5.74, 6) is -0.0513. The minimum Gasteiger partial charge on any atom is -0.340 e. The molecule has 2 aromatic heterocycles. The van der Waals surface area contributed by atoms with Gasteiger partial charge in [-0.15, -0.1) is 0 Å². The monoisotopic (exact) mass is 327 g/mol. The van der Waals surface area contributed by atoms with E-state index in [1.54, 1.807) is 11.1 Å². The van der Waals surface area contributed by atoms with Crippen molar-refractivity contribution < 1.29 is 18.0 Å². The first-order chi connectivity index (χ1) is 10.9. The lowest BCUT2D eigenvalue weighted by Gasteiger charge is -2.32. The van der Waals surface area contributed by atoms with Crippen molar-refractivity contribution in [2.24, 2.45) is 0 Å². The number of alkyl halides is 3. The molecule has 1 aliphatic heterocycles. The van der Waals surface area contributed by atoms with E-state index in [2.05, 4.69) is 15.3 Å². The van der Waals surface area contributed by atoms with E-state index in [1.807, 2.05) is 6.07 Å². The summed E-state index contributed by atoms with van der Waals surface area (Å²) in [6, 6.07) is 2.75. The van der Waals surface area contributed by atoms with Gasteiger partial charge in [-0.3, -0.25) is 14.6 Å². The summed E-state index contributed by atoms with van der Waals surface area (Å²) in [7, 11) is 0. The molecule has 0 saturated carbocycles. The van der Waals surface area contributed by atoms with Gasteiger partial charge in [-0.05, 0) is 25.0 Å². The van der Waals surface area contributed by atoms with Gasteiger partial charge in [0.2, 0.25) is 5.91 Å². The molecule has 1 saturated heterocycles. The van der Waals surface area contributed by atoms with Crippen molar-refractivity contribution in [2.45, 2.75) is 31.5 Å². The molecule has 0 unspecified atom stereocenters. The van der Waals surface area contributed by atoms with E-state index in [-0.39, 0.29) is 18.4 Å². The molecule has 0 spiro atoms. The predicted molar refractivity (Wildman–Crippen MR) is 74.4 cm³/mol. The smallest absolute Gasteiger partial charge is 0.340 e. The van der Waals surface area contributed by atoms with Gasteiger partial charge in [-0.25, -0.2) is 0 Å². The quantitative estimate of drug-likeness (QED) is 0.938. The molecular formula is C14H16F3N5O. The highest BCUT2D eigenvalue weighted by Gasteiger charge is 2.34. The van der Waals surface area contributed by atoms with Gasteiger partial charge in [-0.2, -0.15) is 23.4 Å². The maximum atomic E-state index is 12.5. The number of nitrogens with zero attached hydrogens (tertiary/aromatic N) is 4. The van der Waals surface area contributed by atoms with E-state index >= 15 is 0 Å². The molecule has 124 valence electrons. The predicted octanol–water partition coefficient (Wildman–Crippen LogP) is 2.03. The van der Waals surface area contributed by atoms with Crippen LogP contribution in [0.3, 0.4) is 0 Å². The van der Waals surface area contributed by atoms with Crippen LogP contribution in [0.5, 0.6) is 0 Å². The summed E-state index contributed by atoms with van der Waals surface area (Å²) in [6.07, 6.45) is 0.148. The van der Waals surface area contributed by atoms with Crippen LogP contribution in [-0.4, -0.2) is 43.9 Å². The van der Waals surface area contributed by atoms with Crippen LogP contribution in [-0.2, 0) is 17.5 Å². The Labute approximate surface area is 130 Å². The van der Waals surface area contributed by atoms with Gasteiger partial charge in [0.15, 0.2) is 5.69 Å². The van der Waals surface area contributed by atoms with Crippen LogP contribution in [0.15, 0.2) is 24.5 Å². The molecule has 1 atom stereocenters. The van der Waals surface area contributed by atoms with Crippen molar-refractivity contribution in [3.8, 4) is 0 Å². The molecule has 3 rings (SSSR count). The second-order valence-corrected chi connectivity index (χ2v) is 5.59. The minimum absolute atomic E-state index is 0.179. The lowest BCUT2D eigenvalue weighted by molar-refractivity contribution is -0.142. The number of nitrogens with one attached hydrogen (secondary N) is 1. The van der Waals surface area contributed by atoms with Gasteiger partial charge in [0.25, 0.3) is 0 Å². The fourth-order valence-corrected chi connectivity index (χ4v) is 2.79. The summed E-state index contributed by atoms with van der Waals surface area (Å²) < 4.78 is 38.6. The van der Waals surface area contributed by atoms with Gasteiger partial charge >= 0.3 is 6.18 Å². The summed E-state index contributed by atoms with van der Waals surface area (Å²) >= 11 is 0. The summed E-state index contributed by atoms with van der Waals surface area (Å²) in [5.41, 5.74) is -0.0137. The zero-order valence-electron chi connectivity index (χ0n) is 12.3. The van der Waals surface area contributed by atoms with Crippen LogP contribution in [0.2, 0.25) is 0 Å². The number of rotatable bonds is 3. The molecule has 2 aromatic rings. The summed E-state index contributed by atoms with van der Waals surface area (Å²) in [6.45, 7) is 0.955. The highest BCUT2D eigenvalue weighted by Crippen LogP contribution is 2.28. The zero-order valence-corrected chi connectivity index (χ0v) is 12.3. The number of amides is 1. The number of likely N-dealkylation sites (tertiary alicyclic amines) is 1. The van der Waals surface area contributed by atoms with E-state index < -0.39 is 11.9 Å². The third-order valence-corrected chi connectivity index (χ3v) is 3.96. The van der Waals surface area contributed by atoms with Gasteiger partial charge in [0.05, 0.1) is 0 Å². The Bertz CT molecular complexity index is 664. The number of carbonyl (C=O) groups is 1. The van der Waals surface area contributed by atoms with E-state index in [9.17, 15) is 18.0 Å². The molecule has 3 heterocycles. The molecule has 1 aliphatic rings. The lowest BCUT2D eigenvalue weighted by Crippen LogP contribution is -2.41. The Kier molecular flexibility index (Phi) is 4.10. The molecule has 9 heteroatoms. The normalized spacial score (nSPS) is 19.1. The van der Waals surface area contributed by atoms with Crippen molar-refractivity contribution in [1.82, 2.24) is 24.9 Å². The Morgan fingerprint density at radius 1 is 1.39 bits per heavy atom. The van der Waals surface area contributed by atoms with Crippen molar-refractivity contribution in [3.63, 3.8) is 0 Å². The second-order valence-electron chi connectivity index (χ2n) is 5.59. The number of hydrogen-bond acceptors (Lipinski definition) is 3. The van der Waals surface area contributed by atoms with Gasteiger partial charge < -0.3 is 4.90 Å². The Morgan fingerprint density at radius 3 is 2.87 bits per heavy atom. The van der Waals surface area contributed by atoms with Gasteiger partial charge in [0, 0.05) is 37.1 Å². The van der Waals surface area contributed by atoms with Crippen LogP contribution >= 0.6 is 0 Å². The fourth-order valence-electron chi connectivity index (χ4n) is 2.79. The lowest BCUT2D eigenvalue weighted by atomic mass is 9.95. The van der Waals surface area contributed by atoms with Crippen molar-refractivity contribution in [3.05, 3.63) is 35.9 Å². The molecule has 1 N–H and O–H groups in total. The van der Waals surface area contributed by atoms with Crippen LogP contribution in [0.4, 0.5) is 13.2 Å². The van der Waals surface area contributed by atoms with E-state index in [0.717, 1.165) is 29.3 Å². The molecule has 23 heavy (non-hydrogen) atoms. The standard InChI is InChI=1S/C14H16F3N5O/c15-14(16,17)12-4-7-22(20-12)9-13(23)21-6-1-2-10(8-21)11-3-5-18-19-11/h3-5,7,10H,1-2,6,8-9H2,(H,18,19)/t10-/m0/s1. The van der Waals surface area contributed by atoms with Gasteiger partial charge in [-0.1, -0.05) is 0 Å². The highest BCUT2D eigenvalue weighted by atomic mass is 19.4.